The molecule has 3 rings (SSSR count). The van der Waals surface area contributed by atoms with E-state index in [1.807, 2.05) is 6.07 Å². The van der Waals surface area contributed by atoms with Crippen molar-refractivity contribution in [3.05, 3.63) is 46.4 Å². The molecule has 1 N–H and O–H groups in total. The van der Waals surface area contributed by atoms with Crippen molar-refractivity contribution >= 4 is 5.69 Å². The Morgan fingerprint density at radius 3 is 3.17 bits per heavy atom. The Bertz CT molecular complexity index is 606. The highest BCUT2D eigenvalue weighted by Crippen LogP contribution is 2.25. The summed E-state index contributed by atoms with van der Waals surface area (Å²) in [6.07, 6.45) is 1.78. The molecule has 0 saturated carbocycles. The van der Waals surface area contributed by atoms with E-state index in [0.717, 1.165) is 36.7 Å². The van der Waals surface area contributed by atoms with Crippen LogP contribution in [-0.2, 0) is 13.1 Å². The molecule has 0 amide bonds. The molecule has 0 saturated heterocycles. The summed E-state index contributed by atoms with van der Waals surface area (Å²) < 4.78 is 2.11. The number of hydrogen-bond donors (Lipinski definition) is 1. The summed E-state index contributed by atoms with van der Waals surface area (Å²) in [6, 6.07) is 6.67. The van der Waals surface area contributed by atoms with Gasteiger partial charge in [-0.2, -0.15) is 0 Å². The van der Waals surface area contributed by atoms with E-state index in [-0.39, 0.29) is 10.6 Å². The quantitative estimate of drug-likeness (QED) is 0.642. The lowest BCUT2D eigenvalue weighted by Gasteiger charge is -2.17. The van der Waals surface area contributed by atoms with Gasteiger partial charge in [-0.05, 0) is 0 Å². The van der Waals surface area contributed by atoms with Crippen molar-refractivity contribution in [3.8, 4) is 11.3 Å². The number of rotatable bonds is 2. The molecule has 2 aromatic rings. The van der Waals surface area contributed by atoms with Crippen molar-refractivity contribution in [2.45, 2.75) is 13.1 Å². The summed E-state index contributed by atoms with van der Waals surface area (Å²) >= 11 is 0. The zero-order chi connectivity index (χ0) is 12.5. The van der Waals surface area contributed by atoms with Gasteiger partial charge in [0.2, 0.25) is 0 Å². The summed E-state index contributed by atoms with van der Waals surface area (Å²) in [7, 11) is 0. The predicted molar refractivity (Wildman–Crippen MR) is 66.0 cm³/mol. The summed E-state index contributed by atoms with van der Waals surface area (Å²) in [4.78, 5) is 14.7. The molecule has 0 fully saturated rings. The van der Waals surface area contributed by atoms with Gasteiger partial charge in [0.05, 0.1) is 23.4 Å². The number of hydrogen-bond acceptors (Lipinski definition) is 4. The van der Waals surface area contributed by atoms with Crippen molar-refractivity contribution in [1.82, 2.24) is 14.9 Å². The smallest absolute Gasteiger partial charge is 0.270 e. The molecular formula is C12H12N4O2. The molecule has 1 aromatic carbocycles. The number of non-ortho nitro benzene ring substituents is 1. The Labute approximate surface area is 103 Å². The van der Waals surface area contributed by atoms with E-state index in [4.69, 9.17) is 0 Å². The lowest BCUT2D eigenvalue weighted by Crippen LogP contribution is -2.28. The Hall–Kier alpha value is -2.21. The van der Waals surface area contributed by atoms with Gasteiger partial charge in [-0.15, -0.1) is 0 Å². The van der Waals surface area contributed by atoms with Gasteiger partial charge in [0, 0.05) is 30.8 Å². The van der Waals surface area contributed by atoms with Gasteiger partial charge >= 0.3 is 0 Å². The normalized spacial score (nSPS) is 14.2. The molecule has 1 aliphatic rings. The number of aromatic nitrogens is 2. The number of nitrogens with zero attached hydrogens (tertiary/aromatic N) is 3. The van der Waals surface area contributed by atoms with Gasteiger partial charge in [0.15, 0.2) is 0 Å². The van der Waals surface area contributed by atoms with Crippen molar-refractivity contribution in [2.24, 2.45) is 0 Å². The third-order valence-electron chi connectivity index (χ3n) is 3.09. The monoisotopic (exact) mass is 244 g/mol. The van der Waals surface area contributed by atoms with E-state index < -0.39 is 0 Å². The van der Waals surface area contributed by atoms with Crippen LogP contribution in [0.25, 0.3) is 11.3 Å². The van der Waals surface area contributed by atoms with Gasteiger partial charge < -0.3 is 9.88 Å². The van der Waals surface area contributed by atoms with E-state index in [2.05, 4.69) is 14.9 Å². The van der Waals surface area contributed by atoms with E-state index in [1.54, 1.807) is 18.3 Å². The summed E-state index contributed by atoms with van der Waals surface area (Å²) in [5, 5.41) is 14.0. The van der Waals surface area contributed by atoms with Crippen LogP contribution in [0.1, 0.15) is 5.82 Å². The van der Waals surface area contributed by atoms with E-state index in [9.17, 15) is 10.1 Å². The van der Waals surface area contributed by atoms with Crippen molar-refractivity contribution in [1.29, 1.82) is 0 Å². The average molecular weight is 244 g/mol. The molecule has 6 nitrogen and oxygen atoms in total. The van der Waals surface area contributed by atoms with Crippen LogP contribution in [0.15, 0.2) is 30.5 Å². The van der Waals surface area contributed by atoms with Gasteiger partial charge in [0.1, 0.15) is 5.82 Å². The van der Waals surface area contributed by atoms with Crippen LogP contribution >= 0.6 is 0 Å². The average Bonchev–Trinajstić information content (AvgIpc) is 2.82. The summed E-state index contributed by atoms with van der Waals surface area (Å²) in [5.74, 6) is 0.975. The van der Waals surface area contributed by atoms with Crippen LogP contribution in [0.2, 0.25) is 0 Å². The number of fused-ring (bicyclic) bond motifs is 1. The number of nitrogens with one attached hydrogen (secondary N) is 1. The molecule has 6 heteroatoms. The Kier molecular flexibility index (Phi) is 2.56. The first-order chi connectivity index (χ1) is 8.75. The Morgan fingerprint density at radius 2 is 2.33 bits per heavy atom. The number of nitro groups is 1. The van der Waals surface area contributed by atoms with Crippen LogP contribution < -0.4 is 5.32 Å². The number of imidazole rings is 1. The highest BCUT2D eigenvalue weighted by molar-refractivity contribution is 5.62. The fourth-order valence-corrected chi connectivity index (χ4v) is 2.20. The SMILES string of the molecule is O=[N+]([O-])c1cccc(-c2cnc3n2CCNC3)c1. The Balaban J connectivity index is 2.07. The highest BCUT2D eigenvalue weighted by Gasteiger charge is 2.16. The minimum absolute atomic E-state index is 0.108. The molecule has 18 heavy (non-hydrogen) atoms. The van der Waals surface area contributed by atoms with Crippen LogP contribution in [0.5, 0.6) is 0 Å². The minimum atomic E-state index is -0.376. The molecule has 0 radical (unpaired) electrons. The molecule has 0 bridgehead atoms. The van der Waals surface area contributed by atoms with Crippen LogP contribution in [-0.4, -0.2) is 21.0 Å². The zero-order valence-electron chi connectivity index (χ0n) is 9.67. The fraction of sp³-hybridized carbons (Fsp3) is 0.250. The highest BCUT2D eigenvalue weighted by atomic mass is 16.6. The van der Waals surface area contributed by atoms with Gasteiger partial charge in [0.25, 0.3) is 5.69 Å². The lowest BCUT2D eigenvalue weighted by atomic mass is 10.1. The molecule has 92 valence electrons. The first kappa shape index (κ1) is 10.9. The maximum absolute atomic E-state index is 10.8. The molecule has 1 aromatic heterocycles. The third-order valence-corrected chi connectivity index (χ3v) is 3.09. The van der Waals surface area contributed by atoms with E-state index >= 15 is 0 Å². The van der Waals surface area contributed by atoms with Crippen LogP contribution in [0.3, 0.4) is 0 Å². The molecule has 0 atom stereocenters. The van der Waals surface area contributed by atoms with Crippen molar-refractivity contribution < 1.29 is 4.92 Å². The summed E-state index contributed by atoms with van der Waals surface area (Å²) in [6.45, 7) is 2.48. The standard InChI is InChI=1S/C12H12N4O2/c17-16(18)10-3-1-2-9(6-10)11-7-14-12-8-13-4-5-15(11)12/h1-3,6-7,13H,4-5,8H2. The van der Waals surface area contributed by atoms with Crippen molar-refractivity contribution in [3.63, 3.8) is 0 Å². The first-order valence-corrected chi connectivity index (χ1v) is 5.75. The lowest BCUT2D eigenvalue weighted by molar-refractivity contribution is -0.384. The Morgan fingerprint density at radius 1 is 1.44 bits per heavy atom. The second-order valence-electron chi connectivity index (χ2n) is 4.20. The maximum Gasteiger partial charge on any atom is 0.270 e. The third kappa shape index (κ3) is 1.76. The maximum atomic E-state index is 10.8. The van der Waals surface area contributed by atoms with Gasteiger partial charge in [-0.25, -0.2) is 4.98 Å². The van der Waals surface area contributed by atoms with E-state index in [0.29, 0.717) is 0 Å². The van der Waals surface area contributed by atoms with Crippen molar-refractivity contribution in [2.75, 3.05) is 6.54 Å². The minimum Gasteiger partial charge on any atom is -0.326 e. The van der Waals surface area contributed by atoms with Gasteiger partial charge in [-0.1, -0.05) is 12.1 Å². The molecule has 2 heterocycles. The molecule has 0 aliphatic carbocycles. The van der Waals surface area contributed by atoms with Crippen LogP contribution in [0, 0.1) is 10.1 Å². The predicted octanol–water partition coefficient (Wildman–Crippen LogP) is 1.56. The number of benzene rings is 1. The fourth-order valence-electron chi connectivity index (χ4n) is 2.20. The first-order valence-electron chi connectivity index (χ1n) is 5.75. The van der Waals surface area contributed by atoms with Gasteiger partial charge in [-0.3, -0.25) is 10.1 Å². The molecule has 0 spiro atoms. The molecule has 1 aliphatic heterocycles. The van der Waals surface area contributed by atoms with E-state index in [1.165, 1.54) is 6.07 Å². The second-order valence-corrected chi connectivity index (χ2v) is 4.20. The second kappa shape index (κ2) is 4.23. The topological polar surface area (TPSA) is 73.0 Å². The number of nitro benzene ring substituents is 1. The van der Waals surface area contributed by atoms with Crippen LogP contribution in [0.4, 0.5) is 5.69 Å². The summed E-state index contributed by atoms with van der Waals surface area (Å²) in [5.41, 5.74) is 1.89. The molecular weight excluding hydrogens is 232 g/mol. The molecule has 0 unspecified atom stereocenters. The largest absolute Gasteiger partial charge is 0.326 e. The zero-order valence-corrected chi connectivity index (χ0v) is 9.67.